The van der Waals surface area contributed by atoms with Crippen molar-refractivity contribution in [1.29, 1.82) is 0 Å². The van der Waals surface area contributed by atoms with E-state index in [1.165, 1.54) is 48.8 Å². The molecule has 0 radical (unpaired) electrons. The van der Waals surface area contributed by atoms with E-state index < -0.39 is 46.7 Å². The molecule has 2 N–H and O–H groups in total. The van der Waals surface area contributed by atoms with Crippen LogP contribution in [0.2, 0.25) is 0 Å². The predicted octanol–water partition coefficient (Wildman–Crippen LogP) is 3.23. The molecular weight excluding hydrogens is 494 g/mol. The molecule has 0 fully saturated rings. The van der Waals surface area contributed by atoms with Crippen LogP contribution in [0.5, 0.6) is 0 Å². The zero-order valence-electron chi connectivity index (χ0n) is 19.0. The van der Waals surface area contributed by atoms with Crippen LogP contribution in [-0.2, 0) is 0 Å². The van der Waals surface area contributed by atoms with Crippen LogP contribution in [-0.4, -0.2) is 50.8 Å². The second-order valence-electron chi connectivity index (χ2n) is 8.55. The monoisotopic (exact) mass is 507 g/mol. The Morgan fingerprint density at radius 2 is 0.921 bits per heavy atom. The minimum atomic E-state index is -1.44. The van der Waals surface area contributed by atoms with Crippen molar-refractivity contribution < 1.29 is 39.0 Å². The Kier molecular flexibility index (Phi) is 4.73. The molecule has 0 aliphatic carbocycles. The van der Waals surface area contributed by atoms with E-state index in [9.17, 15) is 39.0 Å². The number of benzene rings is 3. The maximum Gasteiger partial charge on any atom is 0.335 e. The molecule has 11 heteroatoms. The molecule has 0 saturated carbocycles. The third-order valence-corrected chi connectivity index (χ3v) is 6.49. The molecule has 38 heavy (non-hydrogen) atoms. The van der Waals surface area contributed by atoms with Crippen LogP contribution in [0.4, 0.5) is 11.4 Å². The number of pyridine rings is 1. The summed E-state index contributed by atoms with van der Waals surface area (Å²) < 4.78 is 0. The minimum absolute atomic E-state index is 0.00392. The van der Waals surface area contributed by atoms with Gasteiger partial charge in [-0.2, -0.15) is 0 Å². The Labute approximate surface area is 212 Å². The van der Waals surface area contributed by atoms with Gasteiger partial charge in [0.25, 0.3) is 23.6 Å². The van der Waals surface area contributed by atoms with Gasteiger partial charge in [0.05, 0.1) is 22.5 Å². The number of hydrogen-bond donors (Lipinski definition) is 2. The molecule has 2 aliphatic heterocycles. The second kappa shape index (κ2) is 7.90. The molecule has 2 aliphatic rings. The van der Waals surface area contributed by atoms with Crippen LogP contribution in [0, 0.1) is 0 Å². The summed E-state index contributed by atoms with van der Waals surface area (Å²) in [5.41, 5.74) is -0.564. The van der Waals surface area contributed by atoms with E-state index in [1.54, 1.807) is 0 Å². The summed E-state index contributed by atoms with van der Waals surface area (Å²) >= 11 is 0. The molecule has 0 spiro atoms. The molecule has 0 atom stereocenters. The van der Waals surface area contributed by atoms with Gasteiger partial charge >= 0.3 is 11.9 Å². The number of hydrogen-bond acceptors (Lipinski definition) is 7. The summed E-state index contributed by atoms with van der Waals surface area (Å²) in [6.45, 7) is 0. The number of imide groups is 2. The van der Waals surface area contributed by atoms with E-state index in [1.807, 2.05) is 0 Å². The van der Waals surface area contributed by atoms with Gasteiger partial charge in [-0.15, -0.1) is 0 Å². The molecule has 11 nitrogen and oxygen atoms in total. The lowest BCUT2D eigenvalue weighted by Crippen LogP contribution is -2.43. The number of carboxylic acid groups (broad SMARTS) is 2. The van der Waals surface area contributed by atoms with Crippen LogP contribution in [0.1, 0.15) is 62.1 Å². The highest BCUT2D eigenvalue weighted by Gasteiger charge is 2.41. The van der Waals surface area contributed by atoms with Crippen molar-refractivity contribution in [3.8, 4) is 0 Å². The third kappa shape index (κ3) is 3.05. The van der Waals surface area contributed by atoms with Gasteiger partial charge in [-0.25, -0.2) is 19.4 Å². The number of rotatable bonds is 4. The van der Waals surface area contributed by atoms with Crippen LogP contribution in [0.3, 0.4) is 0 Å². The van der Waals surface area contributed by atoms with Crippen LogP contribution in [0.15, 0.2) is 67.0 Å². The van der Waals surface area contributed by atoms with E-state index >= 15 is 0 Å². The fourth-order valence-corrected chi connectivity index (χ4v) is 4.82. The van der Waals surface area contributed by atoms with Gasteiger partial charge in [0, 0.05) is 45.4 Å². The van der Waals surface area contributed by atoms with Gasteiger partial charge in [-0.1, -0.05) is 0 Å². The largest absolute Gasteiger partial charge is 0.478 e. The van der Waals surface area contributed by atoms with Crippen LogP contribution in [0.25, 0.3) is 10.8 Å². The topological polar surface area (TPSA) is 162 Å². The number of carboxylic acids is 2. The fraction of sp³-hybridized carbons (Fsp3) is 0. The van der Waals surface area contributed by atoms with Gasteiger partial charge in [-0.05, 0) is 54.6 Å². The van der Waals surface area contributed by atoms with Gasteiger partial charge in [0.1, 0.15) is 0 Å². The first kappa shape index (κ1) is 22.7. The SMILES string of the molecule is O=C(O)c1cc(C(=O)O)cc(N2C(=O)c3ccc4c5c(ccc(c35)C2=O)C(=O)N(c2ccncc2)C4=O)c1. The lowest BCUT2D eigenvalue weighted by Gasteiger charge is -2.32. The molecular formula is C27H13N3O8. The fourth-order valence-electron chi connectivity index (χ4n) is 4.82. The Hall–Kier alpha value is -5.71. The highest BCUT2D eigenvalue weighted by molar-refractivity contribution is 6.42. The van der Waals surface area contributed by atoms with Crippen molar-refractivity contribution in [3.63, 3.8) is 0 Å². The van der Waals surface area contributed by atoms with Crippen molar-refractivity contribution >= 4 is 57.7 Å². The van der Waals surface area contributed by atoms with Crippen molar-refractivity contribution in [2.45, 2.75) is 0 Å². The molecule has 0 bridgehead atoms. The molecule has 4 amide bonds. The van der Waals surface area contributed by atoms with E-state index in [2.05, 4.69) is 4.98 Å². The lowest BCUT2D eigenvalue weighted by molar-refractivity contribution is 0.0693. The maximum absolute atomic E-state index is 13.6. The summed E-state index contributed by atoms with van der Waals surface area (Å²) in [6.07, 6.45) is 2.87. The Morgan fingerprint density at radius 3 is 1.29 bits per heavy atom. The first-order valence-corrected chi connectivity index (χ1v) is 11.1. The van der Waals surface area contributed by atoms with Crippen LogP contribution < -0.4 is 9.80 Å². The number of aromatic nitrogens is 1. The molecule has 6 rings (SSSR count). The minimum Gasteiger partial charge on any atom is -0.478 e. The van der Waals surface area contributed by atoms with Crippen LogP contribution >= 0.6 is 0 Å². The van der Waals surface area contributed by atoms with Gasteiger partial charge < -0.3 is 10.2 Å². The van der Waals surface area contributed by atoms with Crippen molar-refractivity contribution in [2.24, 2.45) is 0 Å². The van der Waals surface area contributed by atoms with E-state index in [-0.39, 0.29) is 38.7 Å². The molecule has 0 unspecified atom stereocenters. The van der Waals surface area contributed by atoms with Crippen molar-refractivity contribution in [2.75, 3.05) is 9.80 Å². The Balaban J connectivity index is 1.55. The summed E-state index contributed by atoms with van der Waals surface area (Å²) in [6, 6.07) is 11.5. The Bertz CT molecular complexity index is 1710. The number of carbonyl (C=O) groups is 6. The first-order valence-electron chi connectivity index (χ1n) is 11.1. The quantitative estimate of drug-likeness (QED) is 0.395. The zero-order chi connectivity index (χ0) is 26.9. The first-order chi connectivity index (χ1) is 18.2. The third-order valence-electron chi connectivity index (χ3n) is 6.49. The molecule has 1 aromatic heterocycles. The van der Waals surface area contributed by atoms with Crippen molar-refractivity contribution in [3.05, 3.63) is 100 Å². The normalized spacial score (nSPS) is 14.3. The van der Waals surface area contributed by atoms with Gasteiger partial charge in [0.2, 0.25) is 0 Å². The molecule has 0 saturated heterocycles. The maximum atomic E-state index is 13.6. The average Bonchev–Trinajstić information content (AvgIpc) is 2.91. The number of carbonyl (C=O) groups excluding carboxylic acids is 4. The number of anilines is 2. The summed E-state index contributed by atoms with van der Waals surface area (Å²) in [7, 11) is 0. The lowest BCUT2D eigenvalue weighted by atomic mass is 9.85. The summed E-state index contributed by atoms with van der Waals surface area (Å²) in [5.74, 6) is -5.88. The Morgan fingerprint density at radius 1 is 0.553 bits per heavy atom. The van der Waals surface area contributed by atoms with Gasteiger partial charge in [-0.3, -0.25) is 24.2 Å². The molecule has 184 valence electrons. The smallest absolute Gasteiger partial charge is 0.335 e. The second-order valence-corrected chi connectivity index (χ2v) is 8.55. The average molecular weight is 507 g/mol. The molecule has 3 aromatic carbocycles. The highest BCUT2D eigenvalue weighted by Crippen LogP contribution is 2.40. The molecule has 3 heterocycles. The number of amides is 4. The predicted molar refractivity (Wildman–Crippen MR) is 131 cm³/mol. The standard InChI is InChI=1S/C27H13N3O8/c31-22-16-1-3-18-21-19(4-2-17(20(16)21)23(32)29(22)14-5-7-28-8-6-14)25(34)30(24(18)33)15-10-12(26(35)36)9-13(11-15)27(37)38/h1-11H,(H,35,36)(H,37,38). The summed E-state index contributed by atoms with van der Waals surface area (Å²) in [4.78, 5) is 82.7. The van der Waals surface area contributed by atoms with E-state index in [4.69, 9.17) is 0 Å². The highest BCUT2D eigenvalue weighted by atomic mass is 16.4. The molecule has 4 aromatic rings. The number of nitrogens with zero attached hydrogens (tertiary/aromatic N) is 3. The summed E-state index contributed by atoms with van der Waals surface area (Å²) in [5, 5.41) is 19.1. The van der Waals surface area contributed by atoms with E-state index in [0.29, 0.717) is 10.6 Å². The van der Waals surface area contributed by atoms with Crippen molar-refractivity contribution in [1.82, 2.24) is 4.98 Å². The zero-order valence-corrected chi connectivity index (χ0v) is 19.0. The van der Waals surface area contributed by atoms with Gasteiger partial charge in [0.15, 0.2) is 0 Å². The van der Waals surface area contributed by atoms with E-state index in [0.717, 1.165) is 23.1 Å². The number of aromatic carboxylic acids is 2.